The zero-order valence-corrected chi connectivity index (χ0v) is 18.0. The molecule has 1 unspecified atom stereocenters. The SMILES string of the molecule is CCN(CCNC(=O)COc1ccc(C[C@H](OC)C(=O)O)cc1)C1C=C(C)C=CC1. The van der Waals surface area contributed by atoms with Crippen LogP contribution >= 0.6 is 0 Å². The number of allylic oxidation sites excluding steroid dienone is 2. The number of aliphatic carboxylic acids is 1. The van der Waals surface area contributed by atoms with Crippen LogP contribution < -0.4 is 10.1 Å². The molecule has 0 bridgehead atoms. The van der Waals surface area contributed by atoms with Gasteiger partial charge in [-0.2, -0.15) is 0 Å². The van der Waals surface area contributed by atoms with Gasteiger partial charge in [0.05, 0.1) is 0 Å². The van der Waals surface area contributed by atoms with E-state index >= 15 is 0 Å². The molecule has 30 heavy (non-hydrogen) atoms. The molecular weight excluding hydrogens is 384 g/mol. The molecule has 0 heterocycles. The highest BCUT2D eigenvalue weighted by molar-refractivity contribution is 5.77. The predicted octanol–water partition coefficient (Wildman–Crippen LogP) is 2.42. The van der Waals surface area contributed by atoms with Gasteiger partial charge in [-0.15, -0.1) is 0 Å². The number of benzene rings is 1. The van der Waals surface area contributed by atoms with E-state index in [9.17, 15) is 9.59 Å². The van der Waals surface area contributed by atoms with Gasteiger partial charge in [0, 0.05) is 32.7 Å². The molecule has 0 spiro atoms. The number of carbonyl (C=O) groups excluding carboxylic acids is 1. The molecule has 7 nitrogen and oxygen atoms in total. The maximum atomic E-state index is 12.1. The summed E-state index contributed by atoms with van der Waals surface area (Å²) >= 11 is 0. The van der Waals surface area contributed by atoms with E-state index < -0.39 is 12.1 Å². The molecule has 2 N–H and O–H groups in total. The lowest BCUT2D eigenvalue weighted by Gasteiger charge is -2.29. The summed E-state index contributed by atoms with van der Waals surface area (Å²) < 4.78 is 10.5. The molecule has 7 heteroatoms. The minimum atomic E-state index is -0.998. The Labute approximate surface area is 178 Å². The summed E-state index contributed by atoms with van der Waals surface area (Å²) in [5, 5.41) is 11.9. The van der Waals surface area contributed by atoms with Crippen molar-refractivity contribution >= 4 is 11.9 Å². The van der Waals surface area contributed by atoms with E-state index in [1.165, 1.54) is 12.7 Å². The predicted molar refractivity (Wildman–Crippen MR) is 116 cm³/mol. The molecule has 164 valence electrons. The molecule has 1 aliphatic carbocycles. The number of hydrogen-bond acceptors (Lipinski definition) is 5. The Morgan fingerprint density at radius 2 is 2.03 bits per heavy atom. The van der Waals surface area contributed by atoms with Gasteiger partial charge in [0.2, 0.25) is 0 Å². The van der Waals surface area contributed by atoms with Crippen molar-refractivity contribution in [3.05, 3.63) is 53.6 Å². The van der Waals surface area contributed by atoms with E-state index in [0.29, 0.717) is 18.3 Å². The largest absolute Gasteiger partial charge is 0.484 e. The van der Waals surface area contributed by atoms with E-state index in [1.807, 2.05) is 0 Å². The summed E-state index contributed by atoms with van der Waals surface area (Å²) in [7, 11) is 1.37. The van der Waals surface area contributed by atoms with Crippen molar-refractivity contribution in [2.24, 2.45) is 0 Å². The Bertz CT molecular complexity index is 757. The van der Waals surface area contributed by atoms with Gasteiger partial charge in [-0.3, -0.25) is 9.69 Å². The lowest BCUT2D eigenvalue weighted by Crippen LogP contribution is -2.41. The number of hydrogen-bond donors (Lipinski definition) is 2. The second-order valence-electron chi connectivity index (χ2n) is 7.29. The summed E-state index contributed by atoms with van der Waals surface area (Å²) in [6.07, 6.45) is 6.98. The highest BCUT2D eigenvalue weighted by Crippen LogP contribution is 2.16. The lowest BCUT2D eigenvalue weighted by atomic mass is 10.0. The third-order valence-electron chi connectivity index (χ3n) is 5.08. The smallest absolute Gasteiger partial charge is 0.333 e. The quantitative estimate of drug-likeness (QED) is 0.544. The molecule has 0 fully saturated rings. The fourth-order valence-corrected chi connectivity index (χ4v) is 3.38. The lowest BCUT2D eigenvalue weighted by molar-refractivity contribution is -0.148. The molecule has 0 aliphatic heterocycles. The van der Waals surface area contributed by atoms with Gasteiger partial charge in [-0.05, 0) is 37.6 Å². The second kappa shape index (κ2) is 12.1. The Morgan fingerprint density at radius 1 is 1.30 bits per heavy atom. The summed E-state index contributed by atoms with van der Waals surface area (Å²) in [6.45, 7) is 6.43. The maximum absolute atomic E-state index is 12.1. The number of rotatable bonds is 12. The Balaban J connectivity index is 1.71. The number of nitrogens with zero attached hydrogens (tertiary/aromatic N) is 1. The maximum Gasteiger partial charge on any atom is 0.333 e. The molecule has 1 aliphatic rings. The third kappa shape index (κ3) is 7.65. The number of carbonyl (C=O) groups is 2. The molecule has 0 aromatic heterocycles. The van der Waals surface area contributed by atoms with Crippen molar-refractivity contribution in [1.29, 1.82) is 0 Å². The van der Waals surface area contributed by atoms with E-state index in [4.69, 9.17) is 14.6 Å². The van der Waals surface area contributed by atoms with E-state index in [1.54, 1.807) is 24.3 Å². The topological polar surface area (TPSA) is 88.1 Å². The van der Waals surface area contributed by atoms with Gasteiger partial charge >= 0.3 is 5.97 Å². The van der Waals surface area contributed by atoms with Crippen molar-refractivity contribution in [3.8, 4) is 5.75 Å². The molecule has 0 saturated carbocycles. The van der Waals surface area contributed by atoms with Crippen LogP contribution in [0.4, 0.5) is 0 Å². The van der Waals surface area contributed by atoms with Crippen LogP contribution in [0.15, 0.2) is 48.1 Å². The van der Waals surface area contributed by atoms with Crippen molar-refractivity contribution < 1.29 is 24.2 Å². The zero-order valence-electron chi connectivity index (χ0n) is 18.0. The van der Waals surface area contributed by atoms with Crippen LogP contribution in [0.3, 0.4) is 0 Å². The first-order chi connectivity index (χ1) is 14.4. The minimum Gasteiger partial charge on any atom is -0.484 e. The molecule has 1 amide bonds. The molecule has 1 aromatic rings. The average molecular weight is 417 g/mol. The zero-order chi connectivity index (χ0) is 21.9. The van der Waals surface area contributed by atoms with Gasteiger partial charge in [0.25, 0.3) is 5.91 Å². The van der Waals surface area contributed by atoms with Crippen molar-refractivity contribution in [2.45, 2.75) is 38.8 Å². The average Bonchev–Trinajstić information content (AvgIpc) is 2.74. The first kappa shape index (κ1) is 23.6. The highest BCUT2D eigenvalue weighted by Gasteiger charge is 2.17. The first-order valence-electron chi connectivity index (χ1n) is 10.3. The monoisotopic (exact) mass is 416 g/mol. The van der Waals surface area contributed by atoms with Gasteiger partial charge < -0.3 is 19.9 Å². The van der Waals surface area contributed by atoms with Crippen LogP contribution in [0.5, 0.6) is 5.75 Å². The number of methoxy groups -OCH3 is 1. The van der Waals surface area contributed by atoms with Crippen LogP contribution in [0.2, 0.25) is 0 Å². The number of amides is 1. The summed E-state index contributed by atoms with van der Waals surface area (Å²) in [5.41, 5.74) is 2.09. The Morgan fingerprint density at radius 3 is 2.63 bits per heavy atom. The normalized spacial score (nSPS) is 16.8. The van der Waals surface area contributed by atoms with Crippen molar-refractivity contribution in [2.75, 3.05) is 33.4 Å². The fraction of sp³-hybridized carbons (Fsp3) is 0.478. The molecule has 0 saturated heterocycles. The van der Waals surface area contributed by atoms with Gasteiger partial charge in [0.1, 0.15) is 5.75 Å². The van der Waals surface area contributed by atoms with E-state index in [0.717, 1.165) is 25.1 Å². The first-order valence-corrected chi connectivity index (χ1v) is 10.3. The van der Waals surface area contributed by atoms with Crippen LogP contribution in [0, 0.1) is 0 Å². The van der Waals surface area contributed by atoms with Crippen LogP contribution in [-0.2, 0) is 20.7 Å². The number of ether oxygens (including phenoxy) is 2. The molecule has 1 aromatic carbocycles. The van der Waals surface area contributed by atoms with E-state index in [2.05, 4.69) is 42.3 Å². The Kier molecular flexibility index (Phi) is 9.57. The van der Waals surface area contributed by atoms with Gasteiger partial charge in [-0.25, -0.2) is 4.79 Å². The number of likely N-dealkylation sites (N-methyl/N-ethyl adjacent to an activating group) is 1. The number of carboxylic acid groups (broad SMARTS) is 1. The van der Waals surface area contributed by atoms with Gasteiger partial charge in [0.15, 0.2) is 12.7 Å². The Hall–Kier alpha value is -2.64. The third-order valence-corrected chi connectivity index (χ3v) is 5.08. The van der Waals surface area contributed by atoms with Crippen LogP contribution in [-0.4, -0.2) is 67.4 Å². The summed E-state index contributed by atoms with van der Waals surface area (Å²) in [5.74, 6) is -0.610. The van der Waals surface area contributed by atoms with Crippen molar-refractivity contribution in [1.82, 2.24) is 10.2 Å². The van der Waals surface area contributed by atoms with Crippen LogP contribution in [0.25, 0.3) is 0 Å². The summed E-state index contributed by atoms with van der Waals surface area (Å²) in [4.78, 5) is 25.5. The number of carboxylic acids is 1. The molecular formula is C23H32N2O5. The minimum absolute atomic E-state index is 0.0630. The molecule has 0 radical (unpaired) electrons. The fourth-order valence-electron chi connectivity index (χ4n) is 3.38. The highest BCUT2D eigenvalue weighted by atomic mass is 16.5. The molecule has 2 atom stereocenters. The standard InChI is InChI=1S/C23H32N2O5/c1-4-25(19-7-5-6-17(2)14-19)13-12-24-22(26)16-30-20-10-8-18(9-11-20)15-21(29-3)23(27)28/h5-6,8-11,14,19,21H,4,7,12-13,15-16H2,1-3H3,(H,24,26)(H,27,28)/t19?,21-/m0/s1. The van der Waals surface area contributed by atoms with Crippen LogP contribution in [0.1, 0.15) is 25.8 Å². The number of nitrogens with one attached hydrogen (secondary N) is 1. The second-order valence-corrected chi connectivity index (χ2v) is 7.29. The van der Waals surface area contributed by atoms with E-state index in [-0.39, 0.29) is 18.9 Å². The summed E-state index contributed by atoms with van der Waals surface area (Å²) in [6, 6.07) is 7.37. The van der Waals surface area contributed by atoms with Crippen molar-refractivity contribution in [3.63, 3.8) is 0 Å². The molecule has 2 rings (SSSR count). The van der Waals surface area contributed by atoms with Gasteiger partial charge in [-0.1, -0.05) is 42.9 Å².